The lowest BCUT2D eigenvalue weighted by Crippen LogP contribution is -2.35. The molecule has 162 valence electrons. The summed E-state index contributed by atoms with van der Waals surface area (Å²) in [5.41, 5.74) is 1.92. The number of carbonyl (C=O) groups is 1. The van der Waals surface area contributed by atoms with Gasteiger partial charge in [-0.2, -0.15) is 5.10 Å². The summed E-state index contributed by atoms with van der Waals surface area (Å²) in [4.78, 5) is 28.3. The summed E-state index contributed by atoms with van der Waals surface area (Å²) < 4.78 is 6.81. The van der Waals surface area contributed by atoms with Crippen molar-refractivity contribution in [2.45, 2.75) is 26.9 Å². The first kappa shape index (κ1) is 21.2. The second-order valence-electron chi connectivity index (χ2n) is 8.32. The Kier molecular flexibility index (Phi) is 6.44. The van der Waals surface area contributed by atoms with Gasteiger partial charge in [-0.15, -0.1) is 0 Å². The Morgan fingerprint density at radius 1 is 1.10 bits per heavy atom. The van der Waals surface area contributed by atoms with Crippen molar-refractivity contribution >= 4 is 22.4 Å². The highest BCUT2D eigenvalue weighted by molar-refractivity contribution is 6.11. The molecule has 31 heavy (non-hydrogen) atoms. The lowest BCUT2D eigenvalue weighted by atomic mass is 10.1. The molecule has 0 atom stereocenters. The van der Waals surface area contributed by atoms with E-state index in [1.807, 2.05) is 38.1 Å². The van der Waals surface area contributed by atoms with E-state index in [4.69, 9.17) is 4.74 Å². The van der Waals surface area contributed by atoms with Crippen LogP contribution in [0.25, 0.3) is 10.8 Å². The number of anilines is 1. The quantitative estimate of drug-likeness (QED) is 0.663. The summed E-state index contributed by atoms with van der Waals surface area (Å²) in [6, 6.07) is 15.0. The van der Waals surface area contributed by atoms with Gasteiger partial charge in [-0.05, 0) is 29.7 Å². The molecule has 0 unspecified atom stereocenters. The molecule has 2 aromatic carbocycles. The molecule has 1 aliphatic heterocycles. The van der Waals surface area contributed by atoms with Gasteiger partial charge >= 0.3 is 0 Å². The molecule has 0 aliphatic carbocycles. The number of nitrogens with zero attached hydrogens (tertiary/aromatic N) is 3. The van der Waals surface area contributed by atoms with Crippen molar-refractivity contribution in [3.05, 3.63) is 70.1 Å². The molecule has 2 heterocycles. The summed E-state index contributed by atoms with van der Waals surface area (Å²) in [6.07, 6.45) is 0. The first-order chi connectivity index (χ1) is 15.0. The van der Waals surface area contributed by atoms with Crippen molar-refractivity contribution in [3.8, 4) is 0 Å². The maximum Gasteiger partial charge on any atom is 0.276 e. The molecule has 3 aromatic rings. The van der Waals surface area contributed by atoms with Crippen LogP contribution in [0, 0.1) is 5.92 Å². The molecule has 7 heteroatoms. The predicted molar refractivity (Wildman–Crippen MR) is 121 cm³/mol. The average Bonchev–Trinajstić information content (AvgIpc) is 2.76. The maximum atomic E-state index is 13.2. The fraction of sp³-hybridized carbons (Fsp3) is 0.375. The number of rotatable bonds is 6. The minimum Gasteiger partial charge on any atom is -0.379 e. The van der Waals surface area contributed by atoms with E-state index in [1.165, 1.54) is 4.68 Å². The molecule has 4 rings (SSSR count). The Bertz CT molecular complexity index is 1130. The summed E-state index contributed by atoms with van der Waals surface area (Å²) >= 11 is 0. The number of amides is 1. The van der Waals surface area contributed by atoms with Gasteiger partial charge in [0.15, 0.2) is 5.69 Å². The monoisotopic (exact) mass is 420 g/mol. The summed E-state index contributed by atoms with van der Waals surface area (Å²) in [5.74, 6) is -0.0867. The van der Waals surface area contributed by atoms with E-state index in [2.05, 4.69) is 21.4 Å². The lowest BCUT2D eigenvalue weighted by molar-refractivity contribution is 0.0342. The van der Waals surface area contributed by atoms with Gasteiger partial charge in [-0.25, -0.2) is 4.68 Å². The number of nitrogens with one attached hydrogen (secondary N) is 1. The highest BCUT2D eigenvalue weighted by Gasteiger charge is 2.18. The number of aromatic nitrogens is 2. The maximum absolute atomic E-state index is 13.2. The number of hydrogen-bond donors (Lipinski definition) is 1. The van der Waals surface area contributed by atoms with Gasteiger partial charge in [0.25, 0.3) is 11.5 Å². The van der Waals surface area contributed by atoms with Gasteiger partial charge in [0.1, 0.15) is 0 Å². The van der Waals surface area contributed by atoms with Gasteiger partial charge in [-0.3, -0.25) is 14.5 Å². The van der Waals surface area contributed by atoms with E-state index in [9.17, 15) is 9.59 Å². The summed E-state index contributed by atoms with van der Waals surface area (Å²) in [7, 11) is 0. The van der Waals surface area contributed by atoms with E-state index in [1.54, 1.807) is 18.2 Å². The van der Waals surface area contributed by atoms with Crippen LogP contribution in [0.15, 0.2) is 53.3 Å². The van der Waals surface area contributed by atoms with Gasteiger partial charge in [-0.1, -0.05) is 44.2 Å². The first-order valence-corrected chi connectivity index (χ1v) is 10.7. The van der Waals surface area contributed by atoms with Crippen molar-refractivity contribution in [2.75, 3.05) is 31.6 Å². The Morgan fingerprint density at radius 2 is 1.84 bits per heavy atom. The van der Waals surface area contributed by atoms with Crippen LogP contribution < -0.4 is 10.9 Å². The van der Waals surface area contributed by atoms with Crippen LogP contribution in [-0.2, 0) is 17.8 Å². The Labute approximate surface area is 181 Å². The predicted octanol–water partition coefficient (Wildman–Crippen LogP) is 3.14. The molecule has 1 aliphatic rings. The molecule has 1 amide bonds. The minimum atomic E-state index is -0.322. The van der Waals surface area contributed by atoms with Crippen molar-refractivity contribution in [3.63, 3.8) is 0 Å². The molecule has 0 saturated carbocycles. The average molecular weight is 421 g/mol. The number of ether oxygens (including phenoxy) is 1. The zero-order chi connectivity index (χ0) is 21.8. The van der Waals surface area contributed by atoms with Crippen LogP contribution in [0.5, 0.6) is 0 Å². The van der Waals surface area contributed by atoms with E-state index >= 15 is 0 Å². The van der Waals surface area contributed by atoms with Crippen molar-refractivity contribution < 1.29 is 9.53 Å². The number of benzene rings is 2. The highest BCUT2D eigenvalue weighted by Crippen LogP contribution is 2.18. The third-order valence-corrected chi connectivity index (χ3v) is 5.32. The molecule has 1 saturated heterocycles. The Balaban J connectivity index is 1.60. The largest absolute Gasteiger partial charge is 0.379 e. The fourth-order valence-corrected chi connectivity index (χ4v) is 3.83. The van der Waals surface area contributed by atoms with Crippen LogP contribution in [0.2, 0.25) is 0 Å². The van der Waals surface area contributed by atoms with Gasteiger partial charge in [0.2, 0.25) is 0 Å². The van der Waals surface area contributed by atoms with E-state index < -0.39 is 0 Å². The summed E-state index contributed by atoms with van der Waals surface area (Å²) in [5, 5.41) is 8.46. The van der Waals surface area contributed by atoms with Crippen molar-refractivity contribution in [1.82, 2.24) is 14.7 Å². The van der Waals surface area contributed by atoms with Crippen LogP contribution >= 0.6 is 0 Å². The van der Waals surface area contributed by atoms with Gasteiger partial charge < -0.3 is 10.1 Å². The standard InChI is InChI=1S/C24H28N4O3/c1-17(2)15-28-24(30)21-9-4-3-8-20(21)22(26-28)23(29)25-19-7-5-6-18(14-19)16-27-10-12-31-13-11-27/h3-9,14,17H,10-13,15-16H2,1-2H3,(H,25,29). The number of fused-ring (bicyclic) bond motifs is 1. The molecular weight excluding hydrogens is 392 g/mol. The molecule has 1 N–H and O–H groups in total. The topological polar surface area (TPSA) is 76.5 Å². The van der Waals surface area contributed by atoms with Crippen molar-refractivity contribution in [1.29, 1.82) is 0 Å². The highest BCUT2D eigenvalue weighted by atomic mass is 16.5. The zero-order valence-corrected chi connectivity index (χ0v) is 18.0. The smallest absolute Gasteiger partial charge is 0.276 e. The number of hydrogen-bond acceptors (Lipinski definition) is 5. The van der Waals surface area contributed by atoms with Gasteiger partial charge in [0, 0.05) is 37.3 Å². The molecule has 0 spiro atoms. The van der Waals surface area contributed by atoms with Crippen LogP contribution in [-0.4, -0.2) is 46.9 Å². The van der Waals surface area contributed by atoms with E-state index in [0.29, 0.717) is 23.0 Å². The van der Waals surface area contributed by atoms with E-state index in [-0.39, 0.29) is 23.1 Å². The van der Waals surface area contributed by atoms with Crippen LogP contribution in [0.3, 0.4) is 0 Å². The molecular formula is C24H28N4O3. The Morgan fingerprint density at radius 3 is 2.58 bits per heavy atom. The first-order valence-electron chi connectivity index (χ1n) is 10.7. The van der Waals surface area contributed by atoms with E-state index in [0.717, 1.165) is 38.4 Å². The molecule has 1 aromatic heterocycles. The molecule has 0 radical (unpaired) electrons. The number of carbonyl (C=O) groups excluding carboxylic acids is 1. The second-order valence-corrected chi connectivity index (χ2v) is 8.32. The lowest BCUT2D eigenvalue weighted by Gasteiger charge is -2.26. The zero-order valence-electron chi connectivity index (χ0n) is 18.0. The van der Waals surface area contributed by atoms with Crippen LogP contribution in [0.1, 0.15) is 29.9 Å². The fourth-order valence-electron chi connectivity index (χ4n) is 3.83. The SMILES string of the molecule is CC(C)Cn1nc(C(=O)Nc2cccc(CN3CCOCC3)c2)c2ccccc2c1=O. The third kappa shape index (κ3) is 5.00. The van der Waals surface area contributed by atoms with Gasteiger partial charge in [0.05, 0.1) is 18.6 Å². The van der Waals surface area contributed by atoms with Crippen LogP contribution in [0.4, 0.5) is 5.69 Å². The summed E-state index contributed by atoms with van der Waals surface area (Å²) in [6.45, 7) is 8.62. The minimum absolute atomic E-state index is 0.173. The molecule has 0 bridgehead atoms. The molecule has 7 nitrogen and oxygen atoms in total. The third-order valence-electron chi connectivity index (χ3n) is 5.32. The Hall–Kier alpha value is -3.03. The second kappa shape index (κ2) is 9.41. The normalized spacial score (nSPS) is 14.8. The molecule has 1 fully saturated rings. The number of morpholine rings is 1. The van der Waals surface area contributed by atoms with Crippen molar-refractivity contribution in [2.24, 2.45) is 5.92 Å².